The van der Waals surface area contributed by atoms with Crippen LogP contribution in [0.4, 0.5) is 5.13 Å². The molecule has 0 aliphatic heterocycles. The predicted octanol–water partition coefficient (Wildman–Crippen LogP) is 3.31. The van der Waals surface area contributed by atoms with Gasteiger partial charge in [-0.25, -0.2) is 4.98 Å². The Hall–Kier alpha value is -1.21. The summed E-state index contributed by atoms with van der Waals surface area (Å²) in [5, 5.41) is 13.3. The molecule has 0 aliphatic rings. The summed E-state index contributed by atoms with van der Waals surface area (Å²) in [6.45, 7) is 6.17. The summed E-state index contributed by atoms with van der Waals surface area (Å²) < 4.78 is 5.13. The van der Waals surface area contributed by atoms with Gasteiger partial charge in [-0.2, -0.15) is 5.11 Å². The van der Waals surface area contributed by atoms with E-state index in [-0.39, 0.29) is 6.04 Å². The standard InChI is InChI=1S/C10H16N4O2S/c1-4-16-9(14-15)5-8-6-17-10(11-8)13-12-7(2)3/h6-7,9H,4-5H2,1-3H3. The van der Waals surface area contributed by atoms with Gasteiger partial charge >= 0.3 is 0 Å². The zero-order chi connectivity index (χ0) is 12.7. The van der Waals surface area contributed by atoms with Crippen molar-refractivity contribution in [2.45, 2.75) is 39.5 Å². The number of ether oxygens (including phenoxy) is 1. The number of thiazole rings is 1. The smallest absolute Gasteiger partial charge is 0.229 e. The molecule has 0 saturated heterocycles. The first-order valence-electron chi connectivity index (χ1n) is 5.45. The van der Waals surface area contributed by atoms with Gasteiger partial charge < -0.3 is 4.74 Å². The molecule has 0 bridgehead atoms. The van der Waals surface area contributed by atoms with Gasteiger partial charge in [0.1, 0.15) is 0 Å². The molecule has 6 nitrogen and oxygen atoms in total. The van der Waals surface area contributed by atoms with Crippen LogP contribution in [0.3, 0.4) is 0 Å². The molecular weight excluding hydrogens is 240 g/mol. The van der Waals surface area contributed by atoms with Crippen molar-refractivity contribution in [2.75, 3.05) is 6.61 Å². The van der Waals surface area contributed by atoms with Crippen molar-refractivity contribution in [1.82, 2.24) is 4.98 Å². The van der Waals surface area contributed by atoms with Crippen LogP contribution in [-0.4, -0.2) is 23.9 Å². The number of azo groups is 1. The lowest BCUT2D eigenvalue weighted by Gasteiger charge is -2.05. The lowest BCUT2D eigenvalue weighted by Crippen LogP contribution is -2.12. The van der Waals surface area contributed by atoms with Crippen LogP contribution in [0.1, 0.15) is 26.5 Å². The van der Waals surface area contributed by atoms with Gasteiger partial charge in [-0.15, -0.1) is 21.4 Å². The summed E-state index contributed by atoms with van der Waals surface area (Å²) in [5.41, 5.74) is 0.755. The third kappa shape index (κ3) is 5.10. The van der Waals surface area contributed by atoms with Gasteiger partial charge in [-0.05, 0) is 25.9 Å². The molecule has 94 valence electrons. The van der Waals surface area contributed by atoms with E-state index in [0.29, 0.717) is 18.2 Å². The van der Waals surface area contributed by atoms with Crippen molar-refractivity contribution in [3.63, 3.8) is 0 Å². The second-order valence-corrected chi connectivity index (χ2v) is 4.49. The average Bonchev–Trinajstić information content (AvgIpc) is 2.73. The molecule has 0 amide bonds. The summed E-state index contributed by atoms with van der Waals surface area (Å²) in [6.07, 6.45) is -0.289. The Labute approximate surface area is 104 Å². The summed E-state index contributed by atoms with van der Waals surface area (Å²) in [5.74, 6) is 0. The maximum absolute atomic E-state index is 10.5. The van der Waals surface area contributed by atoms with E-state index in [1.54, 1.807) is 0 Å². The molecule has 7 heteroatoms. The zero-order valence-corrected chi connectivity index (χ0v) is 11.0. The molecule has 0 N–H and O–H groups in total. The van der Waals surface area contributed by atoms with E-state index in [9.17, 15) is 4.91 Å². The van der Waals surface area contributed by atoms with E-state index in [2.05, 4.69) is 20.4 Å². The number of aromatic nitrogens is 1. The van der Waals surface area contributed by atoms with Crippen molar-refractivity contribution in [3.05, 3.63) is 16.0 Å². The minimum atomic E-state index is -0.669. The fourth-order valence-electron chi connectivity index (χ4n) is 1.10. The maximum Gasteiger partial charge on any atom is 0.229 e. The topological polar surface area (TPSA) is 76.3 Å². The van der Waals surface area contributed by atoms with Crippen molar-refractivity contribution in [2.24, 2.45) is 15.4 Å². The highest BCUT2D eigenvalue weighted by molar-refractivity contribution is 7.13. The molecule has 1 aromatic heterocycles. The van der Waals surface area contributed by atoms with Gasteiger partial charge in [-0.3, -0.25) is 0 Å². The summed E-state index contributed by atoms with van der Waals surface area (Å²) >= 11 is 1.39. The van der Waals surface area contributed by atoms with Gasteiger partial charge in [0.25, 0.3) is 0 Å². The van der Waals surface area contributed by atoms with Crippen molar-refractivity contribution in [3.8, 4) is 0 Å². The molecule has 0 radical (unpaired) electrons. The minimum Gasteiger partial charge on any atom is -0.353 e. The molecule has 0 saturated carbocycles. The molecule has 1 heterocycles. The molecule has 0 fully saturated rings. The summed E-state index contributed by atoms with van der Waals surface area (Å²) in [7, 11) is 0. The Kier molecular flexibility index (Phi) is 5.85. The molecule has 1 rings (SSSR count). The van der Waals surface area contributed by atoms with E-state index >= 15 is 0 Å². The first-order valence-corrected chi connectivity index (χ1v) is 6.33. The Morgan fingerprint density at radius 3 is 2.88 bits per heavy atom. The van der Waals surface area contributed by atoms with E-state index in [0.717, 1.165) is 5.69 Å². The van der Waals surface area contributed by atoms with Crippen molar-refractivity contribution >= 4 is 16.5 Å². The fraction of sp³-hybridized carbons (Fsp3) is 0.700. The lowest BCUT2D eigenvalue weighted by atomic mass is 10.3. The van der Waals surface area contributed by atoms with E-state index in [1.807, 2.05) is 26.2 Å². The largest absolute Gasteiger partial charge is 0.353 e. The molecule has 0 aliphatic carbocycles. The van der Waals surface area contributed by atoms with E-state index in [4.69, 9.17) is 4.74 Å². The Morgan fingerprint density at radius 1 is 1.53 bits per heavy atom. The molecule has 0 spiro atoms. The van der Waals surface area contributed by atoms with Crippen LogP contribution in [0, 0.1) is 4.91 Å². The number of nitroso groups, excluding NO2 is 1. The number of hydrogen-bond donors (Lipinski definition) is 0. The fourth-order valence-corrected chi connectivity index (χ4v) is 1.75. The lowest BCUT2D eigenvalue weighted by molar-refractivity contribution is 0.0681. The van der Waals surface area contributed by atoms with Crippen LogP contribution in [0.25, 0.3) is 0 Å². The first-order chi connectivity index (χ1) is 8.15. The third-order valence-electron chi connectivity index (χ3n) is 1.77. The summed E-state index contributed by atoms with van der Waals surface area (Å²) in [6, 6.07) is 0.148. The van der Waals surface area contributed by atoms with Gasteiger partial charge in [0, 0.05) is 18.4 Å². The normalized spacial score (nSPS) is 13.4. The molecule has 1 aromatic rings. The zero-order valence-electron chi connectivity index (χ0n) is 10.2. The van der Waals surface area contributed by atoms with Crippen LogP contribution >= 0.6 is 11.3 Å². The van der Waals surface area contributed by atoms with Gasteiger partial charge in [0.15, 0.2) is 6.23 Å². The highest BCUT2D eigenvalue weighted by Crippen LogP contribution is 2.21. The number of hydrogen-bond acceptors (Lipinski definition) is 7. The highest BCUT2D eigenvalue weighted by Gasteiger charge is 2.11. The van der Waals surface area contributed by atoms with Gasteiger partial charge in [-0.1, -0.05) is 0 Å². The van der Waals surface area contributed by atoms with Crippen LogP contribution in [0.5, 0.6) is 0 Å². The number of rotatable bonds is 7. The Bertz CT molecular complexity index is 378. The SMILES string of the molecule is CCOC(Cc1csc(N=NC(C)C)n1)N=O. The average molecular weight is 256 g/mol. The summed E-state index contributed by atoms with van der Waals surface area (Å²) in [4.78, 5) is 14.7. The van der Waals surface area contributed by atoms with Crippen molar-refractivity contribution in [1.29, 1.82) is 0 Å². The third-order valence-corrected chi connectivity index (χ3v) is 2.55. The molecule has 0 aromatic carbocycles. The van der Waals surface area contributed by atoms with Gasteiger partial charge in [0.2, 0.25) is 5.13 Å². The van der Waals surface area contributed by atoms with Gasteiger partial charge in [0.05, 0.1) is 11.7 Å². The highest BCUT2D eigenvalue weighted by atomic mass is 32.1. The molecule has 1 unspecified atom stereocenters. The van der Waals surface area contributed by atoms with E-state index in [1.165, 1.54) is 11.3 Å². The van der Waals surface area contributed by atoms with Crippen LogP contribution in [-0.2, 0) is 11.2 Å². The monoisotopic (exact) mass is 256 g/mol. The second-order valence-electron chi connectivity index (χ2n) is 3.65. The van der Waals surface area contributed by atoms with Crippen LogP contribution < -0.4 is 0 Å². The maximum atomic E-state index is 10.5. The van der Waals surface area contributed by atoms with Crippen LogP contribution in [0.15, 0.2) is 20.8 Å². The molecular formula is C10H16N4O2S. The Morgan fingerprint density at radius 2 is 2.29 bits per heavy atom. The first kappa shape index (κ1) is 13.9. The quantitative estimate of drug-likeness (QED) is 0.554. The molecule has 1 atom stereocenters. The number of nitrogens with zero attached hydrogens (tertiary/aromatic N) is 4. The Balaban J connectivity index is 2.58. The van der Waals surface area contributed by atoms with E-state index < -0.39 is 6.23 Å². The molecule has 17 heavy (non-hydrogen) atoms. The minimum absolute atomic E-state index is 0.148. The second kappa shape index (κ2) is 7.18. The van der Waals surface area contributed by atoms with Crippen molar-refractivity contribution < 1.29 is 4.74 Å². The van der Waals surface area contributed by atoms with Crippen LogP contribution in [0.2, 0.25) is 0 Å². The predicted molar refractivity (Wildman–Crippen MR) is 66.7 cm³/mol.